The molecule has 0 aliphatic carbocycles. The van der Waals surface area contributed by atoms with E-state index in [0.717, 1.165) is 12.2 Å². The van der Waals surface area contributed by atoms with Gasteiger partial charge in [0.15, 0.2) is 0 Å². The van der Waals surface area contributed by atoms with Gasteiger partial charge >= 0.3 is 0 Å². The third-order valence-electron chi connectivity index (χ3n) is 3.73. The van der Waals surface area contributed by atoms with Gasteiger partial charge in [-0.25, -0.2) is 0 Å². The lowest BCUT2D eigenvalue weighted by Crippen LogP contribution is -2.36. The van der Waals surface area contributed by atoms with Crippen LogP contribution in [0.3, 0.4) is 0 Å². The van der Waals surface area contributed by atoms with Crippen molar-refractivity contribution in [3.63, 3.8) is 0 Å². The number of rotatable bonds is 4. The normalized spacial score (nSPS) is 21.1. The number of methoxy groups -OCH3 is 1. The molecule has 1 saturated heterocycles. The Labute approximate surface area is 105 Å². The molecule has 0 radical (unpaired) electrons. The molecule has 1 heterocycles. The minimum absolute atomic E-state index is 0.650. The molecule has 0 bridgehead atoms. The number of nitrogens with zero attached hydrogens (tertiary/aromatic N) is 1. The molecule has 2 heteroatoms. The number of benzene rings is 1. The van der Waals surface area contributed by atoms with Crippen LogP contribution in [0.2, 0.25) is 0 Å². The number of likely N-dealkylation sites (tertiary alicyclic amines) is 1. The summed E-state index contributed by atoms with van der Waals surface area (Å²) in [6.45, 7) is 5.83. The molecule has 2 rings (SSSR count). The Morgan fingerprint density at radius 2 is 2.12 bits per heavy atom. The first-order chi connectivity index (χ1) is 8.22. The summed E-state index contributed by atoms with van der Waals surface area (Å²) in [5.41, 5.74) is 1.34. The van der Waals surface area contributed by atoms with Crippen molar-refractivity contribution >= 4 is 0 Å². The van der Waals surface area contributed by atoms with Crippen molar-refractivity contribution < 1.29 is 4.74 Å². The summed E-state index contributed by atoms with van der Waals surface area (Å²) in [7, 11) is 1.76. The van der Waals surface area contributed by atoms with Gasteiger partial charge in [0.1, 0.15) is 5.75 Å². The average Bonchev–Trinajstić information content (AvgIpc) is 2.78. The van der Waals surface area contributed by atoms with Crippen molar-refractivity contribution in [2.45, 2.75) is 45.2 Å². The highest BCUT2D eigenvalue weighted by atomic mass is 16.5. The zero-order valence-electron chi connectivity index (χ0n) is 11.1. The van der Waals surface area contributed by atoms with E-state index in [0.29, 0.717) is 12.1 Å². The topological polar surface area (TPSA) is 12.5 Å². The molecule has 0 spiro atoms. The number of ether oxygens (including phenoxy) is 1. The zero-order valence-corrected chi connectivity index (χ0v) is 11.1. The molecule has 2 nitrogen and oxygen atoms in total. The van der Waals surface area contributed by atoms with E-state index in [1.165, 1.54) is 24.9 Å². The fourth-order valence-corrected chi connectivity index (χ4v) is 2.88. The minimum atomic E-state index is 0.650. The van der Waals surface area contributed by atoms with Gasteiger partial charge in [0, 0.05) is 12.1 Å². The fraction of sp³-hybridized carbons (Fsp3) is 0.600. The summed E-state index contributed by atoms with van der Waals surface area (Å²) in [6, 6.07) is 9.73. The first-order valence-corrected chi connectivity index (χ1v) is 6.60. The van der Waals surface area contributed by atoms with Crippen LogP contribution in [0.4, 0.5) is 0 Å². The van der Waals surface area contributed by atoms with E-state index >= 15 is 0 Å². The van der Waals surface area contributed by atoms with Crippen LogP contribution < -0.4 is 4.74 Å². The summed E-state index contributed by atoms with van der Waals surface area (Å²) in [6.07, 6.45) is 3.76. The van der Waals surface area contributed by atoms with Crippen LogP contribution in [0.15, 0.2) is 24.3 Å². The molecule has 0 aromatic heterocycles. The maximum atomic E-state index is 5.43. The van der Waals surface area contributed by atoms with E-state index in [2.05, 4.69) is 36.9 Å². The van der Waals surface area contributed by atoms with Crippen molar-refractivity contribution in [1.82, 2.24) is 4.90 Å². The maximum absolute atomic E-state index is 5.43. The number of hydrogen-bond acceptors (Lipinski definition) is 2. The second-order valence-corrected chi connectivity index (χ2v) is 5.14. The Balaban J connectivity index is 2.09. The van der Waals surface area contributed by atoms with Crippen LogP contribution in [0.25, 0.3) is 0 Å². The van der Waals surface area contributed by atoms with E-state index in [9.17, 15) is 0 Å². The average molecular weight is 233 g/mol. The molecule has 0 amide bonds. The molecule has 1 fully saturated rings. The molecule has 1 aliphatic heterocycles. The molecular formula is C15H23NO. The molecule has 1 aromatic rings. The quantitative estimate of drug-likeness (QED) is 0.792. The summed E-state index contributed by atoms with van der Waals surface area (Å²) >= 11 is 0. The second-order valence-electron chi connectivity index (χ2n) is 5.14. The van der Waals surface area contributed by atoms with Gasteiger partial charge in [0.2, 0.25) is 0 Å². The fourth-order valence-electron chi connectivity index (χ4n) is 2.88. The van der Waals surface area contributed by atoms with Gasteiger partial charge < -0.3 is 4.74 Å². The predicted molar refractivity (Wildman–Crippen MR) is 71.6 cm³/mol. The first kappa shape index (κ1) is 12.4. The molecule has 94 valence electrons. The molecule has 0 saturated carbocycles. The SMILES string of the molecule is COc1ccccc1CC1CCCN1C(C)C. The molecule has 1 atom stereocenters. The van der Waals surface area contributed by atoms with Crippen LogP contribution in [0.5, 0.6) is 5.75 Å². The molecule has 1 aromatic carbocycles. The van der Waals surface area contributed by atoms with Gasteiger partial charge in [-0.1, -0.05) is 18.2 Å². The highest BCUT2D eigenvalue weighted by Crippen LogP contribution is 2.27. The van der Waals surface area contributed by atoms with E-state index in [4.69, 9.17) is 4.74 Å². The lowest BCUT2D eigenvalue weighted by molar-refractivity contribution is 0.202. The Morgan fingerprint density at radius 1 is 1.35 bits per heavy atom. The second kappa shape index (κ2) is 5.54. The van der Waals surface area contributed by atoms with Crippen molar-refractivity contribution in [3.05, 3.63) is 29.8 Å². The standard InChI is InChI=1S/C15H23NO/c1-12(2)16-10-6-8-14(16)11-13-7-4-5-9-15(13)17-3/h4-5,7,9,12,14H,6,8,10-11H2,1-3H3. The smallest absolute Gasteiger partial charge is 0.122 e. The van der Waals surface area contributed by atoms with Gasteiger partial charge in [-0.3, -0.25) is 4.90 Å². The monoisotopic (exact) mass is 233 g/mol. The van der Waals surface area contributed by atoms with Gasteiger partial charge in [-0.15, -0.1) is 0 Å². The Morgan fingerprint density at radius 3 is 2.82 bits per heavy atom. The van der Waals surface area contributed by atoms with Crippen LogP contribution in [0.1, 0.15) is 32.3 Å². The lowest BCUT2D eigenvalue weighted by Gasteiger charge is -2.28. The highest BCUT2D eigenvalue weighted by molar-refractivity contribution is 5.34. The van der Waals surface area contributed by atoms with E-state index < -0.39 is 0 Å². The van der Waals surface area contributed by atoms with Gasteiger partial charge in [0.05, 0.1) is 7.11 Å². The molecule has 1 unspecified atom stereocenters. The third-order valence-corrected chi connectivity index (χ3v) is 3.73. The number of para-hydroxylation sites is 1. The highest BCUT2D eigenvalue weighted by Gasteiger charge is 2.27. The predicted octanol–water partition coefficient (Wildman–Crippen LogP) is 3.11. The van der Waals surface area contributed by atoms with Crippen LogP contribution in [-0.2, 0) is 6.42 Å². The largest absolute Gasteiger partial charge is 0.496 e. The van der Waals surface area contributed by atoms with Crippen molar-refractivity contribution in [1.29, 1.82) is 0 Å². The minimum Gasteiger partial charge on any atom is -0.496 e. The summed E-state index contributed by atoms with van der Waals surface area (Å²) in [5, 5.41) is 0. The van der Waals surface area contributed by atoms with Crippen LogP contribution in [0, 0.1) is 0 Å². The summed E-state index contributed by atoms with van der Waals surface area (Å²) in [5.74, 6) is 1.03. The zero-order chi connectivity index (χ0) is 12.3. The van der Waals surface area contributed by atoms with Crippen LogP contribution in [-0.4, -0.2) is 30.6 Å². The molecular weight excluding hydrogens is 210 g/mol. The van der Waals surface area contributed by atoms with Crippen LogP contribution >= 0.6 is 0 Å². The van der Waals surface area contributed by atoms with Crippen molar-refractivity contribution in [3.8, 4) is 5.75 Å². The summed E-state index contributed by atoms with van der Waals surface area (Å²) < 4.78 is 5.43. The Kier molecular flexibility index (Phi) is 4.06. The molecule has 17 heavy (non-hydrogen) atoms. The maximum Gasteiger partial charge on any atom is 0.122 e. The molecule has 0 N–H and O–H groups in total. The Bertz CT molecular complexity index is 362. The summed E-state index contributed by atoms with van der Waals surface area (Å²) in [4.78, 5) is 2.62. The number of hydrogen-bond donors (Lipinski definition) is 0. The Hall–Kier alpha value is -1.02. The van der Waals surface area contributed by atoms with E-state index in [-0.39, 0.29) is 0 Å². The third kappa shape index (κ3) is 2.81. The van der Waals surface area contributed by atoms with E-state index in [1.54, 1.807) is 7.11 Å². The van der Waals surface area contributed by atoms with E-state index in [1.807, 2.05) is 6.07 Å². The first-order valence-electron chi connectivity index (χ1n) is 6.60. The molecule has 1 aliphatic rings. The van der Waals surface area contributed by atoms with Gasteiger partial charge in [0.25, 0.3) is 0 Å². The van der Waals surface area contributed by atoms with Crippen molar-refractivity contribution in [2.75, 3.05) is 13.7 Å². The van der Waals surface area contributed by atoms with Gasteiger partial charge in [-0.2, -0.15) is 0 Å². The lowest BCUT2D eigenvalue weighted by atomic mass is 10.0. The van der Waals surface area contributed by atoms with Crippen molar-refractivity contribution in [2.24, 2.45) is 0 Å². The van der Waals surface area contributed by atoms with Gasteiger partial charge in [-0.05, 0) is 51.3 Å².